The molecule has 1 aromatic carbocycles. The van der Waals surface area contributed by atoms with Gasteiger partial charge in [0.25, 0.3) is 0 Å². The van der Waals surface area contributed by atoms with E-state index < -0.39 is 6.04 Å². The Balaban J connectivity index is 2.08. The molecule has 17 heavy (non-hydrogen) atoms. The number of hydrogen-bond acceptors (Lipinski definition) is 4. The molecule has 1 heterocycles. The number of nitrogens with one attached hydrogen (secondary N) is 1. The summed E-state index contributed by atoms with van der Waals surface area (Å²) >= 11 is 3.91. The number of thioether (sulfide) groups is 2. The summed E-state index contributed by atoms with van der Waals surface area (Å²) in [6.45, 7) is 1.68. The van der Waals surface area contributed by atoms with Crippen molar-refractivity contribution >= 4 is 35.1 Å². The molecule has 1 aromatic rings. The summed E-state index contributed by atoms with van der Waals surface area (Å²) in [7, 11) is 0. The number of benzene rings is 1. The third-order valence-electron chi connectivity index (χ3n) is 2.46. The van der Waals surface area contributed by atoms with Crippen molar-refractivity contribution in [3.63, 3.8) is 0 Å². The zero-order valence-corrected chi connectivity index (χ0v) is 11.3. The fourth-order valence-electron chi connectivity index (χ4n) is 1.57. The van der Waals surface area contributed by atoms with Gasteiger partial charge in [-0.3, -0.25) is 4.79 Å². The van der Waals surface area contributed by atoms with Gasteiger partial charge in [0, 0.05) is 17.2 Å². The molecule has 1 amide bonds. The van der Waals surface area contributed by atoms with E-state index in [0.29, 0.717) is 4.58 Å². The largest absolute Gasteiger partial charge is 0.325 e. The van der Waals surface area contributed by atoms with Crippen LogP contribution in [0.3, 0.4) is 0 Å². The Morgan fingerprint density at radius 1 is 1.47 bits per heavy atom. The van der Waals surface area contributed by atoms with E-state index in [0.717, 1.165) is 5.69 Å². The monoisotopic (exact) mass is 268 g/mol. The molecule has 0 aromatic heterocycles. The maximum Gasteiger partial charge on any atom is 0.240 e. The number of carbonyl (C=O) groups excluding carboxylic acids is 1. The van der Waals surface area contributed by atoms with Crippen LogP contribution in [0.2, 0.25) is 0 Å². The predicted molar refractivity (Wildman–Crippen MR) is 76.4 cm³/mol. The van der Waals surface area contributed by atoms with Gasteiger partial charge in [-0.2, -0.15) is 0 Å². The minimum Gasteiger partial charge on any atom is -0.325 e. The molecule has 2 rings (SSSR count). The van der Waals surface area contributed by atoms with Crippen LogP contribution in [-0.4, -0.2) is 23.5 Å². The Labute approximate surface area is 110 Å². The first kappa shape index (κ1) is 12.8. The lowest BCUT2D eigenvalue weighted by molar-refractivity contribution is -0.117. The Bertz CT molecular complexity index is 403. The van der Waals surface area contributed by atoms with Gasteiger partial charge in [-0.15, -0.1) is 23.5 Å². The molecular formula is C12H16N2OS2. The minimum atomic E-state index is -0.478. The summed E-state index contributed by atoms with van der Waals surface area (Å²) in [5, 5.41) is 2.82. The van der Waals surface area contributed by atoms with E-state index in [-0.39, 0.29) is 5.91 Å². The van der Waals surface area contributed by atoms with Gasteiger partial charge in [-0.05, 0) is 24.6 Å². The van der Waals surface area contributed by atoms with Gasteiger partial charge < -0.3 is 11.1 Å². The van der Waals surface area contributed by atoms with Crippen LogP contribution in [0.5, 0.6) is 0 Å². The third-order valence-corrected chi connectivity index (χ3v) is 5.57. The first-order valence-electron chi connectivity index (χ1n) is 5.56. The quantitative estimate of drug-likeness (QED) is 0.884. The second kappa shape index (κ2) is 5.80. The molecule has 0 radical (unpaired) electrons. The van der Waals surface area contributed by atoms with Crippen LogP contribution in [0.1, 0.15) is 17.1 Å². The molecule has 92 valence electrons. The molecule has 0 bridgehead atoms. The molecule has 0 spiro atoms. The topological polar surface area (TPSA) is 55.1 Å². The highest BCUT2D eigenvalue weighted by Gasteiger charge is 2.18. The molecule has 3 nitrogen and oxygen atoms in total. The van der Waals surface area contributed by atoms with E-state index in [2.05, 4.69) is 11.4 Å². The zero-order valence-electron chi connectivity index (χ0n) is 9.68. The molecule has 0 saturated carbocycles. The summed E-state index contributed by atoms with van der Waals surface area (Å²) in [6, 6.07) is 7.54. The number of amides is 1. The van der Waals surface area contributed by atoms with Crippen molar-refractivity contribution in [2.45, 2.75) is 17.5 Å². The number of carbonyl (C=O) groups is 1. The molecule has 1 fully saturated rings. The fourth-order valence-corrected chi connectivity index (χ4v) is 4.41. The van der Waals surface area contributed by atoms with Crippen LogP contribution in [0.4, 0.5) is 5.69 Å². The van der Waals surface area contributed by atoms with E-state index in [9.17, 15) is 4.79 Å². The summed E-state index contributed by atoms with van der Waals surface area (Å²) in [5.41, 5.74) is 7.62. The van der Waals surface area contributed by atoms with Gasteiger partial charge in [-0.25, -0.2) is 0 Å². The Hall–Kier alpha value is -0.650. The smallest absolute Gasteiger partial charge is 0.240 e. The van der Waals surface area contributed by atoms with Crippen molar-refractivity contribution in [1.82, 2.24) is 0 Å². The maximum atomic E-state index is 11.5. The lowest BCUT2D eigenvalue weighted by Crippen LogP contribution is -2.32. The molecule has 1 atom stereocenters. The molecule has 0 unspecified atom stereocenters. The van der Waals surface area contributed by atoms with Gasteiger partial charge in [0.2, 0.25) is 5.91 Å². The highest BCUT2D eigenvalue weighted by atomic mass is 32.2. The fraction of sp³-hybridized carbons (Fsp3) is 0.417. The first-order valence-corrected chi connectivity index (χ1v) is 7.66. The van der Waals surface area contributed by atoms with Crippen LogP contribution in [0.15, 0.2) is 24.3 Å². The number of anilines is 1. The van der Waals surface area contributed by atoms with E-state index in [1.54, 1.807) is 6.92 Å². The van der Waals surface area contributed by atoms with Crippen LogP contribution in [0, 0.1) is 0 Å². The maximum absolute atomic E-state index is 11.5. The van der Waals surface area contributed by atoms with Crippen LogP contribution in [0.25, 0.3) is 0 Å². The Morgan fingerprint density at radius 3 is 2.82 bits per heavy atom. The summed E-state index contributed by atoms with van der Waals surface area (Å²) in [5.74, 6) is 2.26. The van der Waals surface area contributed by atoms with E-state index in [4.69, 9.17) is 5.73 Å². The summed E-state index contributed by atoms with van der Waals surface area (Å²) in [4.78, 5) is 11.5. The standard InChI is InChI=1S/C12H16N2OS2/c1-8(13)11(15)14-10-4-2-3-9(7-10)12-16-5-6-17-12/h2-4,7-8,12H,5-6,13H2,1H3,(H,14,15)/t8-/m1/s1. The second-order valence-corrected chi connectivity index (χ2v) is 6.70. The average Bonchev–Trinajstić information content (AvgIpc) is 2.82. The normalized spacial score (nSPS) is 18.0. The highest BCUT2D eigenvalue weighted by Crippen LogP contribution is 2.45. The van der Waals surface area contributed by atoms with E-state index in [1.165, 1.54) is 17.1 Å². The summed E-state index contributed by atoms with van der Waals surface area (Å²) in [6.07, 6.45) is 0. The first-order chi connectivity index (χ1) is 8.16. The number of hydrogen-bond donors (Lipinski definition) is 2. The average molecular weight is 268 g/mol. The van der Waals surface area contributed by atoms with Crippen molar-refractivity contribution in [2.75, 3.05) is 16.8 Å². The lowest BCUT2D eigenvalue weighted by Gasteiger charge is -2.12. The Morgan fingerprint density at radius 2 is 2.18 bits per heavy atom. The van der Waals surface area contributed by atoms with E-state index >= 15 is 0 Å². The van der Waals surface area contributed by atoms with Gasteiger partial charge in [-0.1, -0.05) is 12.1 Å². The van der Waals surface area contributed by atoms with Gasteiger partial charge in [0.15, 0.2) is 0 Å². The molecular weight excluding hydrogens is 252 g/mol. The highest BCUT2D eigenvalue weighted by molar-refractivity contribution is 8.19. The van der Waals surface area contributed by atoms with Gasteiger partial charge >= 0.3 is 0 Å². The Kier molecular flexibility index (Phi) is 4.36. The predicted octanol–water partition coefficient (Wildman–Crippen LogP) is 2.45. The van der Waals surface area contributed by atoms with Crippen molar-refractivity contribution in [3.8, 4) is 0 Å². The molecule has 3 N–H and O–H groups in total. The number of nitrogens with two attached hydrogens (primary N) is 1. The summed E-state index contributed by atoms with van der Waals surface area (Å²) < 4.78 is 0.502. The van der Waals surface area contributed by atoms with Gasteiger partial charge in [0.05, 0.1) is 10.6 Å². The molecule has 1 aliphatic rings. The van der Waals surface area contributed by atoms with Gasteiger partial charge in [0.1, 0.15) is 0 Å². The van der Waals surface area contributed by atoms with Crippen molar-refractivity contribution < 1.29 is 4.79 Å². The molecule has 5 heteroatoms. The van der Waals surface area contributed by atoms with Crippen molar-refractivity contribution in [3.05, 3.63) is 29.8 Å². The minimum absolute atomic E-state index is 0.145. The van der Waals surface area contributed by atoms with Crippen molar-refractivity contribution in [1.29, 1.82) is 0 Å². The van der Waals surface area contributed by atoms with Crippen LogP contribution in [-0.2, 0) is 4.79 Å². The van der Waals surface area contributed by atoms with Crippen LogP contribution >= 0.6 is 23.5 Å². The van der Waals surface area contributed by atoms with Crippen molar-refractivity contribution in [2.24, 2.45) is 5.73 Å². The number of rotatable bonds is 3. The SMILES string of the molecule is C[C@@H](N)C(=O)Nc1cccc(C2SCCS2)c1. The third kappa shape index (κ3) is 3.40. The van der Waals surface area contributed by atoms with Crippen LogP contribution < -0.4 is 11.1 Å². The molecule has 1 saturated heterocycles. The molecule has 0 aliphatic carbocycles. The lowest BCUT2D eigenvalue weighted by atomic mass is 10.2. The second-order valence-electron chi connectivity index (χ2n) is 3.98. The van der Waals surface area contributed by atoms with E-state index in [1.807, 2.05) is 41.7 Å². The zero-order chi connectivity index (χ0) is 12.3. The molecule has 1 aliphatic heterocycles.